The molecule has 2 aromatic carbocycles. The van der Waals surface area contributed by atoms with Crippen LogP contribution in [0.4, 0.5) is 5.13 Å². The highest BCUT2D eigenvalue weighted by molar-refractivity contribution is 7.14. The first kappa shape index (κ1) is 19.8. The van der Waals surface area contributed by atoms with Crippen molar-refractivity contribution in [1.29, 1.82) is 0 Å². The molecule has 0 saturated heterocycles. The number of aromatic nitrogens is 1. The van der Waals surface area contributed by atoms with E-state index in [4.69, 9.17) is 4.74 Å². The summed E-state index contributed by atoms with van der Waals surface area (Å²) in [6.07, 6.45) is 0.958. The van der Waals surface area contributed by atoms with Gasteiger partial charge in [-0.05, 0) is 36.8 Å². The lowest BCUT2D eigenvalue weighted by Crippen LogP contribution is -2.32. The summed E-state index contributed by atoms with van der Waals surface area (Å²) in [5.41, 5.74) is 3.58. The number of nitrogens with zero attached hydrogens (tertiary/aromatic N) is 2. The molecule has 0 fully saturated rings. The van der Waals surface area contributed by atoms with E-state index < -0.39 is 0 Å². The maximum Gasteiger partial charge on any atom is 0.259 e. The largest absolute Gasteiger partial charge is 0.494 e. The number of hydrogen-bond acceptors (Lipinski definition) is 5. The van der Waals surface area contributed by atoms with Gasteiger partial charge in [-0.25, -0.2) is 4.98 Å². The van der Waals surface area contributed by atoms with Crippen molar-refractivity contribution >= 4 is 34.0 Å². The van der Waals surface area contributed by atoms with E-state index in [0.29, 0.717) is 23.0 Å². The van der Waals surface area contributed by atoms with Crippen LogP contribution in [0.15, 0.2) is 60.5 Å². The van der Waals surface area contributed by atoms with Crippen LogP contribution in [0.3, 0.4) is 0 Å². The molecule has 0 atom stereocenters. The summed E-state index contributed by atoms with van der Waals surface area (Å²) in [6, 6.07) is 14.9. The molecular weight excluding hydrogens is 398 g/mol. The Hall–Kier alpha value is -3.45. The van der Waals surface area contributed by atoms with Crippen molar-refractivity contribution in [2.45, 2.75) is 13.3 Å². The van der Waals surface area contributed by atoms with E-state index in [2.05, 4.69) is 23.8 Å². The maximum atomic E-state index is 12.5. The number of benzene rings is 2. The van der Waals surface area contributed by atoms with E-state index in [0.717, 1.165) is 29.0 Å². The number of carbonyl (C=O) groups is 2. The van der Waals surface area contributed by atoms with E-state index in [-0.39, 0.29) is 18.4 Å². The minimum absolute atomic E-state index is 0.106. The summed E-state index contributed by atoms with van der Waals surface area (Å²) in [7, 11) is 0. The third-order valence-corrected chi connectivity index (χ3v) is 5.47. The summed E-state index contributed by atoms with van der Waals surface area (Å²) in [4.78, 5) is 30.9. The Balaban J connectivity index is 1.39. The molecule has 152 valence electrons. The van der Waals surface area contributed by atoms with Crippen LogP contribution in [0, 0.1) is 0 Å². The van der Waals surface area contributed by atoms with Crippen LogP contribution in [0.25, 0.3) is 17.0 Å². The Morgan fingerprint density at radius 2 is 1.90 bits per heavy atom. The van der Waals surface area contributed by atoms with E-state index in [9.17, 15) is 9.59 Å². The van der Waals surface area contributed by atoms with Crippen molar-refractivity contribution in [3.8, 4) is 17.0 Å². The maximum absolute atomic E-state index is 12.5. The fourth-order valence-corrected chi connectivity index (χ4v) is 3.95. The fraction of sp³-hybridized carbons (Fsp3) is 0.174. The first-order valence-corrected chi connectivity index (χ1v) is 10.5. The SMILES string of the molecule is C=C1c2ccccc2C(=O)N1CC(=O)Nc1nc(-c2ccc(OCCC)cc2)cs1. The van der Waals surface area contributed by atoms with E-state index >= 15 is 0 Å². The Labute approximate surface area is 178 Å². The highest BCUT2D eigenvalue weighted by atomic mass is 32.1. The Bertz CT molecular complexity index is 1070. The quantitative estimate of drug-likeness (QED) is 0.604. The van der Waals surface area contributed by atoms with Crippen molar-refractivity contribution in [1.82, 2.24) is 9.88 Å². The zero-order chi connectivity index (χ0) is 21.1. The van der Waals surface area contributed by atoms with Gasteiger partial charge in [-0.3, -0.25) is 14.5 Å². The van der Waals surface area contributed by atoms with Crippen molar-refractivity contribution in [2.24, 2.45) is 0 Å². The monoisotopic (exact) mass is 419 g/mol. The normalized spacial score (nSPS) is 12.8. The minimum atomic E-state index is -0.318. The smallest absolute Gasteiger partial charge is 0.259 e. The molecule has 1 N–H and O–H groups in total. The number of amides is 2. The summed E-state index contributed by atoms with van der Waals surface area (Å²) < 4.78 is 5.59. The molecule has 0 unspecified atom stereocenters. The number of ether oxygens (including phenoxy) is 1. The van der Waals surface area contributed by atoms with Gasteiger partial charge in [-0.15, -0.1) is 11.3 Å². The van der Waals surface area contributed by atoms with Crippen molar-refractivity contribution < 1.29 is 14.3 Å². The van der Waals surface area contributed by atoms with Crippen LogP contribution in [-0.2, 0) is 4.79 Å². The zero-order valence-corrected chi connectivity index (χ0v) is 17.4. The molecule has 0 spiro atoms. The minimum Gasteiger partial charge on any atom is -0.494 e. The van der Waals surface area contributed by atoms with Gasteiger partial charge in [0.25, 0.3) is 5.91 Å². The van der Waals surface area contributed by atoms with Gasteiger partial charge in [-0.1, -0.05) is 31.7 Å². The number of fused-ring (bicyclic) bond motifs is 1. The lowest BCUT2D eigenvalue weighted by Gasteiger charge is -2.16. The number of hydrogen-bond donors (Lipinski definition) is 1. The summed E-state index contributed by atoms with van der Waals surface area (Å²) in [5.74, 6) is 0.290. The van der Waals surface area contributed by atoms with Crippen LogP contribution >= 0.6 is 11.3 Å². The topological polar surface area (TPSA) is 71.5 Å². The molecule has 2 amide bonds. The molecule has 0 saturated carbocycles. The average molecular weight is 420 g/mol. The van der Waals surface area contributed by atoms with Gasteiger partial charge in [0.2, 0.25) is 5.91 Å². The molecular formula is C23H21N3O3S. The van der Waals surface area contributed by atoms with Gasteiger partial charge in [0.15, 0.2) is 5.13 Å². The Morgan fingerprint density at radius 1 is 1.17 bits per heavy atom. The second kappa shape index (κ2) is 8.51. The second-order valence-corrected chi connectivity index (χ2v) is 7.70. The number of anilines is 1. The molecule has 1 aromatic heterocycles. The number of nitrogens with one attached hydrogen (secondary N) is 1. The molecule has 0 radical (unpaired) electrons. The molecule has 1 aliphatic rings. The van der Waals surface area contributed by atoms with Crippen molar-refractivity contribution in [3.63, 3.8) is 0 Å². The van der Waals surface area contributed by atoms with Crippen LogP contribution < -0.4 is 10.1 Å². The Morgan fingerprint density at radius 3 is 2.60 bits per heavy atom. The first-order chi connectivity index (χ1) is 14.6. The number of carbonyl (C=O) groups excluding carboxylic acids is 2. The molecule has 4 rings (SSSR count). The van der Waals surface area contributed by atoms with Crippen molar-refractivity contribution in [3.05, 3.63) is 71.6 Å². The summed E-state index contributed by atoms with van der Waals surface area (Å²) in [5, 5.41) is 5.14. The lowest BCUT2D eigenvalue weighted by atomic mass is 10.1. The van der Waals surface area contributed by atoms with Gasteiger partial charge in [0, 0.05) is 27.8 Å². The third-order valence-electron chi connectivity index (χ3n) is 4.71. The number of rotatable bonds is 7. The second-order valence-electron chi connectivity index (χ2n) is 6.84. The highest BCUT2D eigenvalue weighted by Gasteiger charge is 2.31. The molecule has 3 aromatic rings. The van der Waals surface area contributed by atoms with Gasteiger partial charge >= 0.3 is 0 Å². The van der Waals surface area contributed by atoms with Gasteiger partial charge < -0.3 is 10.1 Å². The van der Waals surface area contributed by atoms with Crippen LogP contribution in [0.1, 0.15) is 29.3 Å². The highest BCUT2D eigenvalue weighted by Crippen LogP contribution is 2.31. The lowest BCUT2D eigenvalue weighted by molar-refractivity contribution is -0.116. The number of thiazole rings is 1. The predicted molar refractivity (Wildman–Crippen MR) is 118 cm³/mol. The van der Waals surface area contributed by atoms with E-state index in [1.165, 1.54) is 16.2 Å². The molecule has 30 heavy (non-hydrogen) atoms. The summed E-state index contributed by atoms with van der Waals surface area (Å²) >= 11 is 1.34. The summed E-state index contributed by atoms with van der Waals surface area (Å²) in [6.45, 7) is 6.60. The predicted octanol–water partition coefficient (Wildman–Crippen LogP) is 4.66. The molecule has 6 nitrogen and oxygen atoms in total. The Kier molecular flexibility index (Phi) is 5.63. The molecule has 1 aliphatic heterocycles. The molecule has 0 aliphatic carbocycles. The first-order valence-electron chi connectivity index (χ1n) is 9.65. The van der Waals surface area contributed by atoms with E-state index in [1.54, 1.807) is 12.1 Å². The van der Waals surface area contributed by atoms with Gasteiger partial charge in [0.1, 0.15) is 12.3 Å². The van der Waals surface area contributed by atoms with Crippen LogP contribution in [0.2, 0.25) is 0 Å². The van der Waals surface area contributed by atoms with Gasteiger partial charge in [-0.2, -0.15) is 0 Å². The zero-order valence-electron chi connectivity index (χ0n) is 16.6. The molecule has 0 bridgehead atoms. The van der Waals surface area contributed by atoms with Gasteiger partial charge in [0.05, 0.1) is 12.3 Å². The van der Waals surface area contributed by atoms with Crippen LogP contribution in [0.5, 0.6) is 5.75 Å². The third kappa shape index (κ3) is 3.97. The van der Waals surface area contributed by atoms with Crippen molar-refractivity contribution in [2.75, 3.05) is 18.5 Å². The average Bonchev–Trinajstić information content (AvgIpc) is 3.32. The standard InChI is InChI=1S/C23H21N3O3S/c1-3-12-29-17-10-8-16(9-11-17)20-14-30-23(24-20)25-21(27)13-26-15(2)18-6-4-5-7-19(18)22(26)28/h4-11,14H,2-3,12-13H2,1H3,(H,24,25,27). The molecule has 7 heteroatoms. The fourth-order valence-electron chi connectivity index (χ4n) is 3.21. The van der Waals surface area contributed by atoms with Crippen LogP contribution in [-0.4, -0.2) is 34.8 Å². The molecule has 2 heterocycles. The van der Waals surface area contributed by atoms with E-state index in [1.807, 2.05) is 41.8 Å².